The van der Waals surface area contributed by atoms with E-state index in [-0.39, 0.29) is 11.9 Å². The van der Waals surface area contributed by atoms with Crippen LogP contribution in [0.25, 0.3) is 5.65 Å². The Morgan fingerprint density at radius 3 is 3.04 bits per heavy atom. The van der Waals surface area contributed by atoms with E-state index in [0.717, 1.165) is 12.8 Å². The van der Waals surface area contributed by atoms with Gasteiger partial charge >= 0.3 is 0 Å². The molecule has 5 nitrogen and oxygen atoms in total. The van der Waals surface area contributed by atoms with Gasteiger partial charge in [0.05, 0.1) is 17.3 Å². The van der Waals surface area contributed by atoms with E-state index < -0.39 is 0 Å². The average molecular weight is 341 g/mol. The second-order valence-corrected chi connectivity index (χ2v) is 6.41. The SMILES string of the molecule is CCC1c2ccccc2CCN1C(=O)c1cc2ncc(Cl)cn2n1. The van der Waals surface area contributed by atoms with Crippen LogP contribution in [-0.4, -0.2) is 31.9 Å². The van der Waals surface area contributed by atoms with Gasteiger partial charge in [-0.3, -0.25) is 4.79 Å². The molecule has 0 radical (unpaired) electrons. The molecule has 122 valence electrons. The molecule has 4 rings (SSSR count). The number of halogens is 1. The predicted molar refractivity (Wildman–Crippen MR) is 92.2 cm³/mol. The Hall–Kier alpha value is -2.40. The van der Waals surface area contributed by atoms with E-state index in [0.29, 0.717) is 22.9 Å². The largest absolute Gasteiger partial charge is 0.330 e. The molecular weight excluding hydrogens is 324 g/mol. The Bertz CT molecular complexity index is 920. The number of benzene rings is 1. The minimum absolute atomic E-state index is 0.0574. The van der Waals surface area contributed by atoms with Crippen molar-refractivity contribution in [3.63, 3.8) is 0 Å². The summed E-state index contributed by atoms with van der Waals surface area (Å²) in [4.78, 5) is 19.1. The molecule has 1 aliphatic heterocycles. The van der Waals surface area contributed by atoms with Crippen LogP contribution in [0.3, 0.4) is 0 Å². The summed E-state index contributed by atoms with van der Waals surface area (Å²) in [7, 11) is 0. The minimum Gasteiger partial charge on any atom is -0.330 e. The molecule has 1 aliphatic rings. The van der Waals surface area contributed by atoms with E-state index in [9.17, 15) is 4.79 Å². The lowest BCUT2D eigenvalue weighted by molar-refractivity contribution is 0.0649. The van der Waals surface area contributed by atoms with Gasteiger partial charge in [0.15, 0.2) is 11.3 Å². The second-order valence-electron chi connectivity index (χ2n) is 5.98. The van der Waals surface area contributed by atoms with Gasteiger partial charge < -0.3 is 4.90 Å². The van der Waals surface area contributed by atoms with Gasteiger partial charge in [0.2, 0.25) is 0 Å². The normalized spacial score (nSPS) is 17.1. The fraction of sp³-hybridized carbons (Fsp3) is 0.278. The Balaban J connectivity index is 1.70. The maximum Gasteiger partial charge on any atom is 0.274 e. The lowest BCUT2D eigenvalue weighted by atomic mass is 9.91. The molecule has 0 fully saturated rings. The molecule has 1 aromatic carbocycles. The number of aromatic nitrogens is 3. The highest BCUT2D eigenvalue weighted by Crippen LogP contribution is 2.33. The van der Waals surface area contributed by atoms with Gasteiger partial charge in [-0.1, -0.05) is 42.8 Å². The van der Waals surface area contributed by atoms with E-state index in [2.05, 4.69) is 35.2 Å². The zero-order valence-corrected chi connectivity index (χ0v) is 14.1. The van der Waals surface area contributed by atoms with Crippen molar-refractivity contribution in [1.82, 2.24) is 19.5 Å². The summed E-state index contributed by atoms with van der Waals surface area (Å²) in [6.45, 7) is 2.81. The molecule has 0 saturated carbocycles. The molecule has 2 aromatic heterocycles. The standard InChI is InChI=1S/C18H17ClN4O/c1-2-16-14-6-4-3-5-12(14)7-8-22(16)18(24)15-9-17-20-10-13(19)11-23(17)21-15/h3-6,9-11,16H,2,7-8H2,1H3. The quantitative estimate of drug-likeness (QED) is 0.717. The van der Waals surface area contributed by atoms with Crippen LogP contribution in [0.2, 0.25) is 5.02 Å². The number of rotatable bonds is 2. The predicted octanol–water partition coefficient (Wildman–Crippen LogP) is 3.53. The van der Waals surface area contributed by atoms with Crippen LogP contribution in [0.15, 0.2) is 42.7 Å². The van der Waals surface area contributed by atoms with Crippen LogP contribution in [0.1, 0.15) is 41.0 Å². The van der Waals surface area contributed by atoms with Gasteiger partial charge in [-0.15, -0.1) is 0 Å². The summed E-state index contributed by atoms with van der Waals surface area (Å²) >= 11 is 5.94. The van der Waals surface area contributed by atoms with E-state index in [1.807, 2.05) is 11.0 Å². The second kappa shape index (κ2) is 5.91. The van der Waals surface area contributed by atoms with Crippen molar-refractivity contribution in [2.24, 2.45) is 0 Å². The van der Waals surface area contributed by atoms with Gasteiger partial charge in [0.1, 0.15) is 0 Å². The zero-order valence-electron chi connectivity index (χ0n) is 13.3. The Kier molecular flexibility index (Phi) is 3.73. The van der Waals surface area contributed by atoms with Crippen LogP contribution < -0.4 is 0 Å². The summed E-state index contributed by atoms with van der Waals surface area (Å²) in [6, 6.07) is 10.2. The molecule has 3 heterocycles. The number of fused-ring (bicyclic) bond motifs is 2. The third-order valence-corrected chi connectivity index (χ3v) is 4.76. The van der Waals surface area contributed by atoms with Crippen molar-refractivity contribution in [3.8, 4) is 0 Å². The van der Waals surface area contributed by atoms with E-state index >= 15 is 0 Å². The number of carbonyl (C=O) groups excluding carboxylic acids is 1. The molecular formula is C18H17ClN4O. The summed E-state index contributed by atoms with van der Waals surface area (Å²) in [5.41, 5.74) is 3.59. The van der Waals surface area contributed by atoms with Crippen molar-refractivity contribution in [1.29, 1.82) is 0 Å². The fourth-order valence-corrected chi connectivity index (χ4v) is 3.58. The molecule has 6 heteroatoms. The molecule has 0 saturated heterocycles. The van der Waals surface area contributed by atoms with Crippen LogP contribution >= 0.6 is 11.6 Å². The van der Waals surface area contributed by atoms with Crippen molar-refractivity contribution < 1.29 is 4.79 Å². The van der Waals surface area contributed by atoms with Crippen molar-refractivity contribution in [2.75, 3.05) is 6.54 Å². The van der Waals surface area contributed by atoms with E-state index in [4.69, 9.17) is 11.6 Å². The molecule has 1 atom stereocenters. The summed E-state index contributed by atoms with van der Waals surface area (Å²) < 4.78 is 1.55. The van der Waals surface area contributed by atoms with Crippen LogP contribution in [0.4, 0.5) is 0 Å². The first-order chi connectivity index (χ1) is 11.7. The lowest BCUT2D eigenvalue weighted by Gasteiger charge is -2.36. The maximum absolute atomic E-state index is 13.0. The van der Waals surface area contributed by atoms with Gasteiger partial charge in [-0.05, 0) is 24.0 Å². The van der Waals surface area contributed by atoms with Crippen molar-refractivity contribution in [2.45, 2.75) is 25.8 Å². The van der Waals surface area contributed by atoms with Crippen molar-refractivity contribution >= 4 is 23.2 Å². The van der Waals surface area contributed by atoms with Crippen LogP contribution in [0, 0.1) is 0 Å². The third kappa shape index (κ3) is 2.45. The number of hydrogen-bond donors (Lipinski definition) is 0. The zero-order chi connectivity index (χ0) is 16.7. The first-order valence-electron chi connectivity index (χ1n) is 8.07. The van der Waals surface area contributed by atoms with Crippen LogP contribution in [-0.2, 0) is 6.42 Å². The molecule has 24 heavy (non-hydrogen) atoms. The topological polar surface area (TPSA) is 50.5 Å². The first-order valence-corrected chi connectivity index (χ1v) is 8.45. The monoisotopic (exact) mass is 340 g/mol. The highest BCUT2D eigenvalue weighted by molar-refractivity contribution is 6.30. The number of carbonyl (C=O) groups is 1. The number of hydrogen-bond acceptors (Lipinski definition) is 3. The number of nitrogens with zero attached hydrogens (tertiary/aromatic N) is 4. The van der Waals surface area contributed by atoms with Gasteiger partial charge in [0, 0.05) is 18.8 Å². The lowest BCUT2D eigenvalue weighted by Crippen LogP contribution is -2.40. The van der Waals surface area contributed by atoms with E-state index in [1.54, 1.807) is 23.0 Å². The molecule has 3 aromatic rings. The smallest absolute Gasteiger partial charge is 0.274 e. The highest BCUT2D eigenvalue weighted by Gasteiger charge is 2.31. The molecule has 0 N–H and O–H groups in total. The Labute approximate surface area is 144 Å². The summed E-state index contributed by atoms with van der Waals surface area (Å²) in [5, 5.41) is 4.84. The molecule has 1 unspecified atom stereocenters. The number of amides is 1. The van der Waals surface area contributed by atoms with Crippen LogP contribution in [0.5, 0.6) is 0 Å². The van der Waals surface area contributed by atoms with Crippen molar-refractivity contribution in [3.05, 3.63) is 64.6 Å². The minimum atomic E-state index is -0.0574. The molecule has 0 spiro atoms. The van der Waals surface area contributed by atoms with Gasteiger partial charge in [-0.25, -0.2) is 9.50 Å². The Morgan fingerprint density at radius 1 is 1.38 bits per heavy atom. The summed E-state index contributed by atoms with van der Waals surface area (Å²) in [5.74, 6) is -0.0574. The molecule has 0 bridgehead atoms. The first kappa shape index (κ1) is 15.1. The van der Waals surface area contributed by atoms with E-state index in [1.165, 1.54) is 11.1 Å². The maximum atomic E-state index is 13.0. The van der Waals surface area contributed by atoms with Gasteiger partial charge in [-0.2, -0.15) is 5.10 Å². The highest BCUT2D eigenvalue weighted by atomic mass is 35.5. The summed E-state index contributed by atoms with van der Waals surface area (Å²) in [6.07, 6.45) is 4.96. The molecule has 1 amide bonds. The molecule has 0 aliphatic carbocycles. The fourth-order valence-electron chi connectivity index (χ4n) is 3.44. The third-order valence-electron chi connectivity index (χ3n) is 4.56. The Morgan fingerprint density at radius 2 is 2.21 bits per heavy atom. The average Bonchev–Trinajstić information content (AvgIpc) is 3.03. The van der Waals surface area contributed by atoms with Gasteiger partial charge in [0.25, 0.3) is 5.91 Å².